The van der Waals surface area contributed by atoms with Crippen LogP contribution in [0.3, 0.4) is 0 Å². The molecule has 0 fully saturated rings. The van der Waals surface area contributed by atoms with E-state index < -0.39 is 30.0 Å². The highest BCUT2D eigenvalue weighted by atomic mass is 19.3. The molecule has 1 aromatic carbocycles. The standard InChI is InChI=1S/C12H13F2NO4/c1-15(2)10(16)7-19-9-6-4-3-5-8(9)12(13,14)11(17)18/h3-6H,7H2,1-2H3,(H,17,18). The molecule has 0 aliphatic carbocycles. The van der Waals surface area contributed by atoms with Crippen molar-refractivity contribution >= 4 is 11.9 Å². The predicted octanol–water partition coefficient (Wildman–Crippen LogP) is 1.33. The van der Waals surface area contributed by atoms with E-state index >= 15 is 0 Å². The quantitative estimate of drug-likeness (QED) is 0.879. The molecule has 0 heterocycles. The molecule has 0 spiro atoms. The molecule has 1 amide bonds. The minimum Gasteiger partial charge on any atom is -0.483 e. The molecule has 0 saturated heterocycles. The second kappa shape index (κ2) is 5.64. The first kappa shape index (κ1) is 14.9. The van der Waals surface area contributed by atoms with Crippen LogP contribution in [0.2, 0.25) is 0 Å². The van der Waals surface area contributed by atoms with Gasteiger partial charge in [-0.25, -0.2) is 4.79 Å². The summed E-state index contributed by atoms with van der Waals surface area (Å²) in [5, 5.41) is 8.50. The summed E-state index contributed by atoms with van der Waals surface area (Å²) in [6.45, 7) is -0.445. The summed E-state index contributed by atoms with van der Waals surface area (Å²) < 4.78 is 31.9. The summed E-state index contributed by atoms with van der Waals surface area (Å²) in [5.74, 6) is -7.10. The normalized spacial score (nSPS) is 10.9. The molecule has 0 bridgehead atoms. The van der Waals surface area contributed by atoms with E-state index in [1.807, 2.05) is 0 Å². The van der Waals surface area contributed by atoms with Gasteiger partial charge in [0, 0.05) is 14.1 Å². The first-order valence-electron chi connectivity index (χ1n) is 5.30. The first-order chi connectivity index (χ1) is 8.76. The second-order valence-corrected chi connectivity index (χ2v) is 3.95. The number of carboxylic acid groups (broad SMARTS) is 1. The monoisotopic (exact) mass is 273 g/mol. The van der Waals surface area contributed by atoms with Crippen molar-refractivity contribution in [1.29, 1.82) is 0 Å². The van der Waals surface area contributed by atoms with Crippen LogP contribution in [0.25, 0.3) is 0 Å². The van der Waals surface area contributed by atoms with Crippen LogP contribution >= 0.6 is 0 Å². The van der Waals surface area contributed by atoms with Crippen molar-refractivity contribution in [2.24, 2.45) is 0 Å². The number of carbonyl (C=O) groups excluding carboxylic acids is 1. The summed E-state index contributed by atoms with van der Waals surface area (Å²) >= 11 is 0. The molecule has 0 saturated carbocycles. The molecular weight excluding hydrogens is 260 g/mol. The molecule has 104 valence electrons. The van der Waals surface area contributed by atoms with Crippen LogP contribution < -0.4 is 4.74 Å². The minimum atomic E-state index is -4.07. The molecule has 0 aromatic heterocycles. The van der Waals surface area contributed by atoms with Gasteiger partial charge in [-0.15, -0.1) is 0 Å². The lowest BCUT2D eigenvalue weighted by Gasteiger charge is -2.17. The number of carbonyl (C=O) groups is 2. The molecule has 1 N–H and O–H groups in total. The molecule has 0 unspecified atom stereocenters. The van der Waals surface area contributed by atoms with Crippen molar-refractivity contribution in [1.82, 2.24) is 4.90 Å². The lowest BCUT2D eigenvalue weighted by Crippen LogP contribution is -2.29. The Balaban J connectivity index is 2.97. The van der Waals surface area contributed by atoms with Gasteiger partial charge in [-0.1, -0.05) is 12.1 Å². The Hall–Kier alpha value is -2.18. The molecule has 7 heteroatoms. The number of benzene rings is 1. The smallest absolute Gasteiger partial charge is 0.379 e. The maximum absolute atomic E-state index is 13.4. The van der Waals surface area contributed by atoms with E-state index in [2.05, 4.69) is 0 Å². The summed E-state index contributed by atoms with van der Waals surface area (Å²) in [6.07, 6.45) is 0. The molecule has 1 aromatic rings. The third kappa shape index (κ3) is 3.40. The van der Waals surface area contributed by atoms with E-state index in [-0.39, 0.29) is 5.75 Å². The average molecular weight is 273 g/mol. The van der Waals surface area contributed by atoms with Gasteiger partial charge in [0.1, 0.15) is 5.75 Å². The van der Waals surface area contributed by atoms with E-state index in [4.69, 9.17) is 9.84 Å². The van der Waals surface area contributed by atoms with Gasteiger partial charge in [-0.3, -0.25) is 4.79 Å². The Kier molecular flexibility index (Phi) is 4.42. The minimum absolute atomic E-state index is 0.329. The number of halogens is 2. The fourth-order valence-corrected chi connectivity index (χ4v) is 1.24. The van der Waals surface area contributed by atoms with Gasteiger partial charge < -0.3 is 14.7 Å². The van der Waals surface area contributed by atoms with E-state index in [9.17, 15) is 18.4 Å². The highest BCUT2D eigenvalue weighted by molar-refractivity contribution is 5.79. The van der Waals surface area contributed by atoms with Crippen LogP contribution in [0.4, 0.5) is 8.78 Å². The number of rotatable bonds is 5. The molecule has 1 rings (SSSR count). The van der Waals surface area contributed by atoms with E-state index in [0.29, 0.717) is 0 Å². The van der Waals surface area contributed by atoms with Gasteiger partial charge in [-0.05, 0) is 12.1 Å². The Morgan fingerprint density at radius 3 is 2.42 bits per heavy atom. The summed E-state index contributed by atoms with van der Waals surface area (Å²) in [4.78, 5) is 23.1. The van der Waals surface area contributed by atoms with Crippen molar-refractivity contribution in [3.63, 3.8) is 0 Å². The molecule has 0 atom stereocenters. The summed E-state index contributed by atoms with van der Waals surface area (Å²) in [6, 6.07) is 4.82. The molecule has 0 aliphatic rings. The van der Waals surface area contributed by atoms with Crippen LogP contribution in [-0.4, -0.2) is 42.6 Å². The number of amides is 1. The first-order valence-corrected chi connectivity index (χ1v) is 5.30. The molecule has 0 aliphatic heterocycles. The zero-order valence-electron chi connectivity index (χ0n) is 10.4. The number of ether oxygens (including phenoxy) is 1. The number of nitrogens with zero attached hydrogens (tertiary/aromatic N) is 1. The number of hydrogen-bond donors (Lipinski definition) is 1. The van der Waals surface area contributed by atoms with E-state index in [1.54, 1.807) is 0 Å². The van der Waals surface area contributed by atoms with Gasteiger partial charge in [0.2, 0.25) is 0 Å². The van der Waals surface area contributed by atoms with Gasteiger partial charge in [0.15, 0.2) is 6.61 Å². The van der Waals surface area contributed by atoms with Crippen molar-refractivity contribution < 1.29 is 28.2 Å². The maximum Gasteiger partial charge on any atom is 0.379 e. The average Bonchev–Trinajstić information content (AvgIpc) is 2.35. The Labute approximate surface area is 108 Å². The second-order valence-electron chi connectivity index (χ2n) is 3.95. The third-order valence-electron chi connectivity index (χ3n) is 2.34. The van der Waals surface area contributed by atoms with Crippen molar-refractivity contribution in [3.05, 3.63) is 29.8 Å². The van der Waals surface area contributed by atoms with Crippen molar-refractivity contribution in [2.45, 2.75) is 5.92 Å². The van der Waals surface area contributed by atoms with Gasteiger partial charge in [0.05, 0.1) is 5.56 Å². The number of aliphatic carboxylic acids is 1. The number of para-hydroxylation sites is 1. The topological polar surface area (TPSA) is 66.8 Å². The molecular formula is C12H13F2NO4. The van der Waals surface area contributed by atoms with Crippen LogP contribution in [-0.2, 0) is 15.5 Å². The van der Waals surface area contributed by atoms with Crippen LogP contribution in [0, 0.1) is 0 Å². The fraction of sp³-hybridized carbons (Fsp3) is 0.333. The van der Waals surface area contributed by atoms with Crippen LogP contribution in [0.15, 0.2) is 24.3 Å². The highest BCUT2D eigenvalue weighted by Crippen LogP contribution is 2.35. The Morgan fingerprint density at radius 2 is 1.89 bits per heavy atom. The number of likely N-dealkylation sites (N-methyl/N-ethyl adjacent to an activating group) is 1. The lowest BCUT2D eigenvalue weighted by molar-refractivity contribution is -0.166. The number of alkyl halides is 2. The Bertz CT molecular complexity index is 488. The zero-order valence-corrected chi connectivity index (χ0v) is 10.4. The maximum atomic E-state index is 13.4. The molecule has 0 radical (unpaired) electrons. The molecule has 19 heavy (non-hydrogen) atoms. The molecule has 5 nitrogen and oxygen atoms in total. The Morgan fingerprint density at radius 1 is 1.32 bits per heavy atom. The van der Waals surface area contributed by atoms with Gasteiger partial charge in [-0.2, -0.15) is 8.78 Å². The van der Waals surface area contributed by atoms with Crippen molar-refractivity contribution in [2.75, 3.05) is 20.7 Å². The van der Waals surface area contributed by atoms with E-state index in [0.717, 1.165) is 6.07 Å². The predicted molar refractivity (Wildman–Crippen MR) is 62.2 cm³/mol. The van der Waals surface area contributed by atoms with Crippen LogP contribution in [0.1, 0.15) is 5.56 Å². The van der Waals surface area contributed by atoms with Gasteiger partial charge in [0.25, 0.3) is 5.91 Å². The SMILES string of the molecule is CN(C)C(=O)COc1ccccc1C(F)(F)C(=O)O. The van der Waals surface area contributed by atoms with E-state index in [1.165, 1.54) is 37.2 Å². The zero-order chi connectivity index (χ0) is 14.6. The van der Waals surface area contributed by atoms with Gasteiger partial charge >= 0.3 is 11.9 Å². The van der Waals surface area contributed by atoms with Crippen LogP contribution in [0.5, 0.6) is 5.75 Å². The van der Waals surface area contributed by atoms with Crippen molar-refractivity contribution in [3.8, 4) is 5.75 Å². The highest BCUT2D eigenvalue weighted by Gasteiger charge is 2.43. The third-order valence-corrected chi connectivity index (χ3v) is 2.34. The summed E-state index contributed by atoms with van der Waals surface area (Å²) in [5.41, 5.74) is -0.783. The number of carboxylic acids is 1. The lowest BCUT2D eigenvalue weighted by atomic mass is 10.1. The summed E-state index contributed by atoms with van der Waals surface area (Å²) in [7, 11) is 2.98. The largest absolute Gasteiger partial charge is 0.483 e. The number of hydrogen-bond acceptors (Lipinski definition) is 3. The fourth-order valence-electron chi connectivity index (χ4n) is 1.24.